The third-order valence-corrected chi connectivity index (χ3v) is 3.30. The molecule has 0 saturated carbocycles. The summed E-state index contributed by atoms with van der Waals surface area (Å²) < 4.78 is 0. The van der Waals surface area contributed by atoms with Gasteiger partial charge in [-0.2, -0.15) is 4.89 Å². The number of carbonyl (C=O) groups is 1. The summed E-state index contributed by atoms with van der Waals surface area (Å²) in [5.41, 5.74) is 0. The van der Waals surface area contributed by atoms with E-state index in [0.717, 1.165) is 32.1 Å². The summed E-state index contributed by atoms with van der Waals surface area (Å²) in [6.45, 7) is 4.00. The van der Waals surface area contributed by atoms with Crippen molar-refractivity contribution < 1.29 is 14.6 Å². The fourth-order valence-electron chi connectivity index (χ4n) is 2.08. The van der Waals surface area contributed by atoms with Crippen LogP contribution in [-0.2, 0) is 14.6 Å². The summed E-state index contributed by atoms with van der Waals surface area (Å²) in [5.74, 6) is -0.387. The number of carbonyl (C=O) groups excluding carboxylic acids is 1. The topological polar surface area (TPSA) is 35.5 Å². The lowest BCUT2D eigenvalue weighted by Gasteiger charge is -2.01. The Morgan fingerprint density at radius 3 is 2.00 bits per heavy atom. The van der Waals surface area contributed by atoms with Crippen molar-refractivity contribution in [2.24, 2.45) is 0 Å². The molecule has 0 aromatic rings. The molecule has 0 aliphatic carbocycles. The van der Waals surface area contributed by atoms with Crippen LogP contribution in [0.3, 0.4) is 0 Å². The molecule has 0 spiro atoms. The maximum atomic E-state index is 10.5. The molecule has 0 N–H and O–H groups in total. The molecule has 0 amide bonds. The predicted octanol–water partition coefficient (Wildman–Crippen LogP) is 6.07. The summed E-state index contributed by atoms with van der Waals surface area (Å²) in [6, 6.07) is 0. The Morgan fingerprint density at radius 2 is 1.35 bits per heavy atom. The van der Waals surface area contributed by atoms with Gasteiger partial charge in [-0.3, -0.25) is 4.89 Å². The molecule has 0 radical (unpaired) electrons. The first kappa shape index (κ1) is 21.6. The smallest absolute Gasteiger partial charge is 0.299 e. The second-order valence-electron chi connectivity index (χ2n) is 5.60. The lowest BCUT2D eigenvalue weighted by molar-refractivity contribution is -0.270. The Bertz CT molecular complexity index is 343. The van der Waals surface area contributed by atoms with Crippen molar-refractivity contribution in [3.05, 3.63) is 36.5 Å². The molecule has 3 heteroatoms. The zero-order valence-electron chi connectivity index (χ0n) is 15.0. The van der Waals surface area contributed by atoms with Crippen molar-refractivity contribution in [3.63, 3.8) is 0 Å². The van der Waals surface area contributed by atoms with Crippen LogP contribution >= 0.6 is 0 Å². The summed E-state index contributed by atoms with van der Waals surface area (Å²) in [5, 5.41) is 0. The van der Waals surface area contributed by atoms with Crippen LogP contribution in [0.1, 0.15) is 78.1 Å². The number of rotatable bonds is 15. The highest BCUT2D eigenvalue weighted by molar-refractivity contribution is 5.65. The average Bonchev–Trinajstić information content (AvgIpc) is 2.53. The fourth-order valence-corrected chi connectivity index (χ4v) is 2.08. The maximum absolute atomic E-state index is 10.5. The van der Waals surface area contributed by atoms with E-state index < -0.39 is 0 Å². The Labute approximate surface area is 142 Å². The van der Waals surface area contributed by atoms with Crippen molar-refractivity contribution in [1.82, 2.24) is 0 Å². The van der Waals surface area contributed by atoms with Gasteiger partial charge >= 0.3 is 5.97 Å². The number of hydrogen-bond donors (Lipinski definition) is 0. The molecular weight excluding hydrogens is 288 g/mol. The third kappa shape index (κ3) is 20.6. The van der Waals surface area contributed by atoms with Crippen LogP contribution in [0.2, 0.25) is 0 Å². The van der Waals surface area contributed by atoms with Crippen molar-refractivity contribution in [2.45, 2.75) is 78.1 Å². The van der Waals surface area contributed by atoms with E-state index in [0.29, 0.717) is 6.61 Å². The van der Waals surface area contributed by atoms with Crippen LogP contribution in [0.5, 0.6) is 0 Å². The van der Waals surface area contributed by atoms with Crippen molar-refractivity contribution in [1.29, 1.82) is 0 Å². The van der Waals surface area contributed by atoms with Crippen molar-refractivity contribution in [2.75, 3.05) is 6.61 Å². The van der Waals surface area contributed by atoms with Crippen molar-refractivity contribution >= 4 is 5.97 Å². The molecule has 0 saturated heterocycles. The fraction of sp³-hybridized carbons (Fsp3) is 0.650. The first-order valence-corrected chi connectivity index (χ1v) is 9.02. The quantitative estimate of drug-likeness (QED) is 0.159. The van der Waals surface area contributed by atoms with Crippen LogP contribution in [-0.4, -0.2) is 12.6 Å². The van der Waals surface area contributed by atoms with Gasteiger partial charge in [-0.1, -0.05) is 69.1 Å². The van der Waals surface area contributed by atoms with E-state index in [-0.39, 0.29) is 5.97 Å². The maximum Gasteiger partial charge on any atom is 0.339 e. The van der Waals surface area contributed by atoms with Crippen LogP contribution < -0.4 is 0 Å². The first-order valence-electron chi connectivity index (χ1n) is 9.02. The van der Waals surface area contributed by atoms with Crippen LogP contribution in [0.4, 0.5) is 0 Å². The molecule has 0 fully saturated rings. The zero-order valence-corrected chi connectivity index (χ0v) is 15.0. The van der Waals surface area contributed by atoms with Gasteiger partial charge in [-0.15, -0.1) is 0 Å². The van der Waals surface area contributed by atoms with Gasteiger partial charge in [0.2, 0.25) is 0 Å². The van der Waals surface area contributed by atoms with Crippen molar-refractivity contribution in [3.8, 4) is 0 Å². The molecule has 0 aromatic heterocycles. The van der Waals surface area contributed by atoms with E-state index in [1.807, 2.05) is 0 Å². The molecule has 132 valence electrons. The second kappa shape index (κ2) is 18.7. The first-order chi connectivity index (χ1) is 11.3. The molecule has 3 nitrogen and oxygen atoms in total. The van der Waals surface area contributed by atoms with Crippen LogP contribution in [0, 0.1) is 0 Å². The molecule has 0 aromatic carbocycles. The minimum atomic E-state index is -0.387. The van der Waals surface area contributed by atoms with Gasteiger partial charge in [0.1, 0.15) is 0 Å². The van der Waals surface area contributed by atoms with Crippen LogP contribution in [0.15, 0.2) is 36.5 Å². The summed E-state index contributed by atoms with van der Waals surface area (Å²) in [6.07, 6.45) is 24.9. The van der Waals surface area contributed by atoms with Gasteiger partial charge in [0.25, 0.3) is 0 Å². The molecule has 0 aliphatic heterocycles. The van der Waals surface area contributed by atoms with E-state index >= 15 is 0 Å². The highest BCUT2D eigenvalue weighted by atomic mass is 17.2. The van der Waals surface area contributed by atoms with Gasteiger partial charge in [0.05, 0.1) is 6.61 Å². The molecule has 23 heavy (non-hydrogen) atoms. The van der Waals surface area contributed by atoms with E-state index in [2.05, 4.69) is 48.3 Å². The second-order valence-corrected chi connectivity index (χ2v) is 5.60. The zero-order chi connectivity index (χ0) is 17.0. The highest BCUT2D eigenvalue weighted by Crippen LogP contribution is 2.08. The Kier molecular flexibility index (Phi) is 17.6. The van der Waals surface area contributed by atoms with E-state index in [9.17, 15) is 4.79 Å². The van der Waals surface area contributed by atoms with Gasteiger partial charge in [0, 0.05) is 6.92 Å². The normalized spacial score (nSPS) is 11.9. The minimum Gasteiger partial charge on any atom is -0.299 e. The molecule has 0 rings (SSSR count). The highest BCUT2D eigenvalue weighted by Gasteiger charge is 1.94. The van der Waals surface area contributed by atoms with Gasteiger partial charge in [0.15, 0.2) is 0 Å². The van der Waals surface area contributed by atoms with Crippen LogP contribution in [0.25, 0.3) is 0 Å². The summed E-state index contributed by atoms with van der Waals surface area (Å²) in [7, 11) is 0. The summed E-state index contributed by atoms with van der Waals surface area (Å²) >= 11 is 0. The van der Waals surface area contributed by atoms with Gasteiger partial charge in [-0.05, 0) is 38.5 Å². The lowest BCUT2D eigenvalue weighted by Crippen LogP contribution is -2.01. The van der Waals surface area contributed by atoms with Gasteiger partial charge in [-0.25, -0.2) is 4.79 Å². The molecule has 0 heterocycles. The molecule has 0 atom stereocenters. The summed E-state index contributed by atoms with van der Waals surface area (Å²) in [4.78, 5) is 19.6. The van der Waals surface area contributed by atoms with E-state index in [1.54, 1.807) is 0 Å². The SMILES string of the molecule is CCC=CCC=CCC=CCCCCCCCCOOC(C)=O. The number of unbranched alkanes of at least 4 members (excludes halogenated alkanes) is 6. The molecule has 0 unspecified atom stereocenters. The standard InChI is InChI=1S/C20H34O3/c1-3-4-5-6-7-8-9-10-11-12-13-14-15-16-17-18-19-22-23-20(2)21/h4-5,7-8,10-11H,3,6,9,12-19H2,1-2H3. The Balaban J connectivity index is 3.19. The Morgan fingerprint density at radius 1 is 0.783 bits per heavy atom. The third-order valence-electron chi connectivity index (χ3n) is 3.30. The Hall–Kier alpha value is -1.35. The minimum absolute atomic E-state index is 0.387. The monoisotopic (exact) mass is 322 g/mol. The molecular formula is C20H34O3. The molecule has 0 bridgehead atoms. The van der Waals surface area contributed by atoms with E-state index in [4.69, 9.17) is 4.89 Å². The van der Waals surface area contributed by atoms with E-state index in [1.165, 1.54) is 39.0 Å². The predicted molar refractivity (Wildman–Crippen MR) is 97.0 cm³/mol. The van der Waals surface area contributed by atoms with Gasteiger partial charge < -0.3 is 0 Å². The number of hydrogen-bond acceptors (Lipinski definition) is 3. The molecule has 0 aliphatic rings. The number of allylic oxidation sites excluding steroid dienone is 6. The largest absolute Gasteiger partial charge is 0.339 e. The average molecular weight is 322 g/mol. The lowest BCUT2D eigenvalue weighted by atomic mass is 10.1.